The van der Waals surface area contributed by atoms with E-state index in [0.717, 1.165) is 11.3 Å². The fourth-order valence-electron chi connectivity index (χ4n) is 2.89. The Morgan fingerprint density at radius 3 is 2.86 bits per heavy atom. The molecule has 2 heterocycles. The van der Waals surface area contributed by atoms with E-state index < -0.39 is 0 Å². The van der Waals surface area contributed by atoms with Gasteiger partial charge in [0.15, 0.2) is 0 Å². The number of amides is 1. The van der Waals surface area contributed by atoms with E-state index in [4.69, 9.17) is 0 Å². The van der Waals surface area contributed by atoms with Crippen LogP contribution in [-0.2, 0) is 7.05 Å². The van der Waals surface area contributed by atoms with Crippen LogP contribution in [0.4, 0.5) is 0 Å². The Bertz CT molecular complexity index is 640. The van der Waals surface area contributed by atoms with Gasteiger partial charge in [0.05, 0.1) is 23.9 Å². The SMILES string of the molecule is Cc1[nH]ccc1C(=O)N[C@H](c1cnn(C)c1)C1CC(O)C1. The van der Waals surface area contributed by atoms with Crippen LogP contribution in [0.5, 0.6) is 0 Å². The molecule has 1 aliphatic carbocycles. The van der Waals surface area contributed by atoms with Crippen molar-refractivity contribution >= 4 is 5.91 Å². The van der Waals surface area contributed by atoms with Crippen LogP contribution in [-0.4, -0.2) is 31.9 Å². The molecule has 6 nitrogen and oxygen atoms in total. The van der Waals surface area contributed by atoms with Gasteiger partial charge in [0, 0.05) is 30.7 Å². The van der Waals surface area contributed by atoms with Crippen LogP contribution in [0.2, 0.25) is 0 Å². The number of hydrogen-bond acceptors (Lipinski definition) is 3. The van der Waals surface area contributed by atoms with Crippen LogP contribution < -0.4 is 5.32 Å². The maximum atomic E-state index is 12.4. The minimum Gasteiger partial charge on any atom is -0.393 e. The van der Waals surface area contributed by atoms with Crippen molar-refractivity contribution in [1.82, 2.24) is 20.1 Å². The summed E-state index contributed by atoms with van der Waals surface area (Å²) in [6.07, 6.45) is 6.63. The number of aliphatic hydroxyl groups excluding tert-OH is 1. The van der Waals surface area contributed by atoms with E-state index in [1.807, 2.05) is 20.2 Å². The van der Waals surface area contributed by atoms with Gasteiger partial charge in [-0.25, -0.2) is 0 Å². The van der Waals surface area contributed by atoms with Gasteiger partial charge in [0.1, 0.15) is 0 Å². The van der Waals surface area contributed by atoms with Gasteiger partial charge >= 0.3 is 0 Å². The Morgan fingerprint density at radius 2 is 2.33 bits per heavy atom. The summed E-state index contributed by atoms with van der Waals surface area (Å²) in [5.41, 5.74) is 2.49. The molecule has 2 aromatic heterocycles. The monoisotopic (exact) mass is 288 g/mol. The molecule has 0 spiro atoms. The Balaban J connectivity index is 1.79. The summed E-state index contributed by atoms with van der Waals surface area (Å²) in [6, 6.07) is 1.67. The number of rotatable bonds is 4. The van der Waals surface area contributed by atoms with Crippen LogP contribution in [0.15, 0.2) is 24.7 Å². The first-order valence-corrected chi connectivity index (χ1v) is 7.16. The highest BCUT2D eigenvalue weighted by molar-refractivity contribution is 5.95. The quantitative estimate of drug-likeness (QED) is 0.793. The molecule has 0 bridgehead atoms. The average molecular weight is 288 g/mol. The molecule has 0 aromatic carbocycles. The number of hydrogen-bond donors (Lipinski definition) is 3. The van der Waals surface area contributed by atoms with Gasteiger partial charge in [-0.15, -0.1) is 0 Å². The second kappa shape index (κ2) is 5.37. The lowest BCUT2D eigenvalue weighted by Gasteiger charge is -2.37. The third-order valence-corrected chi connectivity index (χ3v) is 4.19. The van der Waals surface area contributed by atoms with Gasteiger partial charge in [0.25, 0.3) is 5.91 Å². The van der Waals surface area contributed by atoms with Crippen LogP contribution in [0, 0.1) is 12.8 Å². The van der Waals surface area contributed by atoms with E-state index in [1.54, 1.807) is 23.1 Å². The molecule has 21 heavy (non-hydrogen) atoms. The zero-order valence-corrected chi connectivity index (χ0v) is 12.2. The molecule has 1 fully saturated rings. The smallest absolute Gasteiger partial charge is 0.253 e. The molecule has 0 aliphatic heterocycles. The highest BCUT2D eigenvalue weighted by atomic mass is 16.3. The van der Waals surface area contributed by atoms with Crippen LogP contribution in [0.3, 0.4) is 0 Å². The molecule has 0 saturated heterocycles. The largest absolute Gasteiger partial charge is 0.393 e. The Hall–Kier alpha value is -2.08. The van der Waals surface area contributed by atoms with Crippen molar-refractivity contribution in [3.05, 3.63) is 41.5 Å². The third kappa shape index (κ3) is 2.71. The van der Waals surface area contributed by atoms with Gasteiger partial charge in [-0.3, -0.25) is 9.48 Å². The first kappa shape index (κ1) is 13.9. The Labute approximate surface area is 123 Å². The number of carbonyl (C=O) groups excluding carboxylic acids is 1. The standard InChI is InChI=1S/C15H20N4O2/c1-9-13(3-4-16-9)15(21)18-14(10-5-12(20)6-10)11-7-17-19(2)8-11/h3-4,7-8,10,12,14,16,20H,5-6H2,1-2H3,(H,18,21)/t10?,12?,14-/m0/s1. The fourth-order valence-corrected chi connectivity index (χ4v) is 2.89. The van der Waals surface area contributed by atoms with Crippen molar-refractivity contribution < 1.29 is 9.90 Å². The number of aromatic amines is 1. The van der Waals surface area contributed by atoms with Gasteiger partial charge in [0.2, 0.25) is 0 Å². The molecule has 1 atom stereocenters. The Morgan fingerprint density at radius 1 is 1.57 bits per heavy atom. The Kier molecular flexibility index (Phi) is 3.55. The van der Waals surface area contributed by atoms with Gasteiger partial charge < -0.3 is 15.4 Å². The molecule has 3 N–H and O–H groups in total. The summed E-state index contributed by atoms with van der Waals surface area (Å²) in [5.74, 6) is 0.163. The molecule has 0 unspecified atom stereocenters. The van der Waals surface area contributed by atoms with Crippen LogP contribution in [0.1, 0.15) is 40.5 Å². The number of aliphatic hydroxyl groups is 1. The van der Waals surface area contributed by atoms with Crippen molar-refractivity contribution in [3.8, 4) is 0 Å². The predicted molar refractivity (Wildman–Crippen MR) is 77.7 cm³/mol. The summed E-state index contributed by atoms with van der Waals surface area (Å²) in [4.78, 5) is 15.4. The van der Waals surface area contributed by atoms with Crippen molar-refractivity contribution in [3.63, 3.8) is 0 Å². The number of H-pyrrole nitrogens is 1. The average Bonchev–Trinajstić information content (AvgIpc) is 3.01. The maximum Gasteiger partial charge on any atom is 0.253 e. The number of nitrogens with zero attached hydrogens (tertiary/aromatic N) is 2. The van der Waals surface area contributed by atoms with E-state index in [9.17, 15) is 9.90 Å². The normalized spacial score (nSPS) is 22.6. The molecule has 6 heteroatoms. The highest BCUT2D eigenvalue weighted by Crippen LogP contribution is 2.38. The summed E-state index contributed by atoms with van der Waals surface area (Å²) >= 11 is 0. The predicted octanol–water partition coefficient (Wildman–Crippen LogP) is 1.30. The lowest BCUT2D eigenvalue weighted by molar-refractivity contribution is 0.0235. The first-order chi connectivity index (χ1) is 10.0. The molecule has 0 radical (unpaired) electrons. The van der Waals surface area contributed by atoms with Crippen molar-refractivity contribution in [2.45, 2.75) is 31.9 Å². The molecule has 1 amide bonds. The summed E-state index contributed by atoms with van der Waals surface area (Å²) in [7, 11) is 1.86. The fraction of sp³-hybridized carbons (Fsp3) is 0.467. The van der Waals surface area contributed by atoms with Crippen molar-refractivity contribution in [2.24, 2.45) is 13.0 Å². The minimum atomic E-state index is -0.250. The summed E-state index contributed by atoms with van der Waals surface area (Å²) in [5, 5.41) is 16.8. The van der Waals surface area contributed by atoms with E-state index >= 15 is 0 Å². The molecule has 1 saturated carbocycles. The third-order valence-electron chi connectivity index (χ3n) is 4.19. The molecule has 3 rings (SSSR count). The summed E-state index contributed by atoms with van der Waals surface area (Å²) < 4.78 is 1.73. The summed E-state index contributed by atoms with van der Waals surface area (Å²) in [6.45, 7) is 1.88. The molecule has 1 aliphatic rings. The second-order valence-electron chi connectivity index (χ2n) is 5.80. The van der Waals surface area contributed by atoms with Crippen molar-refractivity contribution in [2.75, 3.05) is 0 Å². The van der Waals surface area contributed by atoms with Crippen LogP contribution in [0.25, 0.3) is 0 Å². The zero-order chi connectivity index (χ0) is 15.0. The zero-order valence-electron chi connectivity index (χ0n) is 12.2. The molecular formula is C15H20N4O2. The number of carbonyl (C=O) groups is 1. The molecular weight excluding hydrogens is 268 g/mol. The van der Waals surface area contributed by atoms with E-state index in [1.165, 1.54) is 0 Å². The first-order valence-electron chi connectivity index (χ1n) is 7.16. The number of nitrogens with one attached hydrogen (secondary N) is 2. The second-order valence-corrected chi connectivity index (χ2v) is 5.80. The number of aromatic nitrogens is 3. The lowest BCUT2D eigenvalue weighted by Crippen LogP contribution is -2.41. The van der Waals surface area contributed by atoms with Crippen molar-refractivity contribution in [1.29, 1.82) is 0 Å². The highest BCUT2D eigenvalue weighted by Gasteiger charge is 2.36. The van der Waals surface area contributed by atoms with Gasteiger partial charge in [-0.1, -0.05) is 0 Å². The number of aryl methyl sites for hydroxylation is 2. The topological polar surface area (TPSA) is 82.9 Å². The minimum absolute atomic E-state index is 0.0935. The van der Waals surface area contributed by atoms with E-state index in [2.05, 4.69) is 15.4 Å². The molecule has 112 valence electrons. The van der Waals surface area contributed by atoms with Gasteiger partial charge in [-0.2, -0.15) is 5.10 Å². The maximum absolute atomic E-state index is 12.4. The van der Waals surface area contributed by atoms with Crippen LogP contribution >= 0.6 is 0 Å². The lowest BCUT2D eigenvalue weighted by atomic mass is 9.75. The molecule has 2 aromatic rings. The van der Waals surface area contributed by atoms with E-state index in [0.29, 0.717) is 18.4 Å². The van der Waals surface area contributed by atoms with Gasteiger partial charge in [-0.05, 0) is 31.7 Å². The van der Waals surface area contributed by atoms with E-state index in [-0.39, 0.29) is 24.0 Å².